The lowest BCUT2D eigenvalue weighted by Gasteiger charge is -2.31. The number of hydrogen-bond acceptors (Lipinski definition) is 4. The van der Waals surface area contributed by atoms with Gasteiger partial charge in [0.15, 0.2) is 0 Å². The Hall–Kier alpha value is -1.99. The summed E-state index contributed by atoms with van der Waals surface area (Å²) >= 11 is 1.76. The number of para-hydroxylation sites is 1. The van der Waals surface area contributed by atoms with Crippen LogP contribution in [-0.4, -0.2) is 39.4 Å². The minimum Gasteiger partial charge on any atom is -0.306 e. The topological polar surface area (TPSA) is 57.7 Å². The molecule has 136 valence electrons. The number of benzene rings is 2. The van der Waals surface area contributed by atoms with E-state index in [1.54, 1.807) is 23.9 Å². The molecule has 0 saturated carbocycles. The van der Waals surface area contributed by atoms with Gasteiger partial charge in [-0.3, -0.25) is 9.10 Å². The first-order valence-corrected chi connectivity index (χ1v) is 11.4. The summed E-state index contributed by atoms with van der Waals surface area (Å²) in [4.78, 5) is 16.1. The molecule has 4 rings (SSSR count). The van der Waals surface area contributed by atoms with E-state index in [2.05, 4.69) is 0 Å². The first-order chi connectivity index (χ1) is 12.4. The van der Waals surface area contributed by atoms with E-state index in [1.165, 1.54) is 10.6 Å². The van der Waals surface area contributed by atoms with Crippen LogP contribution in [0.1, 0.15) is 22.3 Å². The predicted molar refractivity (Wildman–Crippen MR) is 106 cm³/mol. The van der Waals surface area contributed by atoms with Crippen molar-refractivity contribution in [2.75, 3.05) is 34.3 Å². The lowest BCUT2D eigenvalue weighted by molar-refractivity contribution is 0.0987. The van der Waals surface area contributed by atoms with Gasteiger partial charge in [-0.25, -0.2) is 8.42 Å². The average molecular weight is 389 g/mol. The van der Waals surface area contributed by atoms with Crippen LogP contribution in [-0.2, 0) is 16.4 Å². The van der Waals surface area contributed by atoms with Crippen molar-refractivity contribution >= 4 is 39.1 Å². The highest BCUT2D eigenvalue weighted by molar-refractivity contribution is 7.99. The van der Waals surface area contributed by atoms with Crippen molar-refractivity contribution in [3.8, 4) is 0 Å². The first-order valence-electron chi connectivity index (χ1n) is 8.59. The standard InChI is InChI=1S/C19H20N2O3S2/c1-26(23,24)21-10-4-5-14-13-15(8-9-16(14)21)19(22)20-11-12-25-18-7-3-2-6-17(18)20/h2-3,6-9,13H,4-5,10-12H2,1H3. The minimum atomic E-state index is -3.30. The molecule has 7 heteroatoms. The van der Waals surface area contributed by atoms with Crippen LogP contribution in [0.4, 0.5) is 11.4 Å². The quantitative estimate of drug-likeness (QED) is 0.793. The second kappa shape index (κ2) is 6.63. The number of rotatable bonds is 2. The predicted octanol–water partition coefficient (Wildman–Crippen LogP) is 3.15. The number of thioether (sulfide) groups is 1. The molecule has 0 N–H and O–H groups in total. The van der Waals surface area contributed by atoms with Crippen molar-refractivity contribution in [3.63, 3.8) is 0 Å². The number of nitrogens with zero attached hydrogens (tertiary/aromatic N) is 2. The number of hydrogen-bond donors (Lipinski definition) is 0. The molecule has 0 radical (unpaired) electrons. The summed E-state index contributed by atoms with van der Waals surface area (Å²) in [7, 11) is -3.30. The fourth-order valence-electron chi connectivity index (χ4n) is 3.58. The third kappa shape index (κ3) is 3.10. The summed E-state index contributed by atoms with van der Waals surface area (Å²) in [6.07, 6.45) is 2.78. The molecule has 2 aliphatic heterocycles. The number of aryl methyl sites for hydroxylation is 1. The van der Waals surface area contributed by atoms with Gasteiger partial charge in [-0.15, -0.1) is 11.8 Å². The van der Waals surface area contributed by atoms with E-state index in [0.29, 0.717) is 24.3 Å². The van der Waals surface area contributed by atoms with Crippen LogP contribution in [0.25, 0.3) is 0 Å². The number of amides is 1. The zero-order valence-electron chi connectivity index (χ0n) is 14.5. The summed E-state index contributed by atoms with van der Waals surface area (Å²) in [6.45, 7) is 1.17. The van der Waals surface area contributed by atoms with E-state index in [4.69, 9.17) is 0 Å². The summed E-state index contributed by atoms with van der Waals surface area (Å²) in [6, 6.07) is 13.3. The van der Waals surface area contributed by atoms with Crippen molar-refractivity contribution in [2.24, 2.45) is 0 Å². The molecule has 26 heavy (non-hydrogen) atoms. The van der Waals surface area contributed by atoms with Crippen LogP contribution in [0.2, 0.25) is 0 Å². The molecule has 2 aliphatic rings. The van der Waals surface area contributed by atoms with Gasteiger partial charge in [0.25, 0.3) is 5.91 Å². The second-order valence-corrected chi connectivity index (χ2v) is 9.60. The van der Waals surface area contributed by atoms with Crippen molar-refractivity contribution < 1.29 is 13.2 Å². The SMILES string of the molecule is CS(=O)(=O)N1CCCc2cc(C(=O)N3CCSc4ccccc43)ccc21. The van der Waals surface area contributed by atoms with E-state index < -0.39 is 10.0 Å². The maximum absolute atomic E-state index is 13.1. The van der Waals surface area contributed by atoms with Crippen molar-refractivity contribution in [2.45, 2.75) is 17.7 Å². The fourth-order valence-corrected chi connectivity index (χ4v) is 5.57. The lowest BCUT2D eigenvalue weighted by Crippen LogP contribution is -2.36. The fraction of sp³-hybridized carbons (Fsp3) is 0.316. The largest absolute Gasteiger partial charge is 0.306 e. The highest BCUT2D eigenvalue weighted by atomic mass is 32.2. The molecule has 2 aromatic carbocycles. The van der Waals surface area contributed by atoms with E-state index in [1.807, 2.05) is 35.2 Å². The highest BCUT2D eigenvalue weighted by Gasteiger charge is 2.27. The highest BCUT2D eigenvalue weighted by Crippen LogP contribution is 2.36. The normalized spacial score (nSPS) is 16.8. The molecule has 0 bridgehead atoms. The number of carbonyl (C=O) groups excluding carboxylic acids is 1. The number of sulfonamides is 1. The molecule has 0 saturated heterocycles. The summed E-state index contributed by atoms with van der Waals surface area (Å²) in [5, 5.41) is 0. The van der Waals surface area contributed by atoms with Crippen LogP contribution in [0.3, 0.4) is 0 Å². The molecule has 0 spiro atoms. The molecular formula is C19H20N2O3S2. The summed E-state index contributed by atoms with van der Waals surface area (Å²) in [5.74, 6) is 0.840. The van der Waals surface area contributed by atoms with Gasteiger partial charge >= 0.3 is 0 Å². The van der Waals surface area contributed by atoms with E-state index in [0.717, 1.165) is 34.7 Å². The third-order valence-electron chi connectivity index (χ3n) is 4.78. The maximum Gasteiger partial charge on any atom is 0.258 e. The molecule has 2 heterocycles. The number of anilines is 2. The molecule has 5 nitrogen and oxygen atoms in total. The van der Waals surface area contributed by atoms with Gasteiger partial charge in [0.2, 0.25) is 10.0 Å². The molecule has 0 aliphatic carbocycles. The van der Waals surface area contributed by atoms with Crippen LogP contribution >= 0.6 is 11.8 Å². The van der Waals surface area contributed by atoms with Gasteiger partial charge in [0.05, 0.1) is 17.6 Å². The Balaban J connectivity index is 1.69. The van der Waals surface area contributed by atoms with E-state index in [-0.39, 0.29) is 5.91 Å². The monoisotopic (exact) mass is 388 g/mol. The van der Waals surface area contributed by atoms with Crippen molar-refractivity contribution in [1.82, 2.24) is 0 Å². The molecule has 1 amide bonds. The van der Waals surface area contributed by atoms with Gasteiger partial charge in [0, 0.05) is 29.3 Å². The Kier molecular flexibility index (Phi) is 4.44. The lowest BCUT2D eigenvalue weighted by atomic mass is 10.00. The molecule has 0 unspecified atom stereocenters. The Morgan fingerprint density at radius 2 is 1.88 bits per heavy atom. The van der Waals surface area contributed by atoms with Crippen LogP contribution in [0.5, 0.6) is 0 Å². The van der Waals surface area contributed by atoms with Gasteiger partial charge < -0.3 is 4.90 Å². The van der Waals surface area contributed by atoms with Crippen molar-refractivity contribution in [3.05, 3.63) is 53.6 Å². The van der Waals surface area contributed by atoms with Gasteiger partial charge in [-0.05, 0) is 48.7 Å². The van der Waals surface area contributed by atoms with Gasteiger partial charge in [0.1, 0.15) is 0 Å². The molecule has 2 aromatic rings. The second-order valence-electron chi connectivity index (χ2n) is 6.56. The maximum atomic E-state index is 13.1. The van der Waals surface area contributed by atoms with E-state index in [9.17, 15) is 13.2 Å². The Labute approximate surface area is 158 Å². The van der Waals surface area contributed by atoms with Gasteiger partial charge in [-0.1, -0.05) is 12.1 Å². The third-order valence-corrected chi connectivity index (χ3v) is 7.00. The zero-order chi connectivity index (χ0) is 18.3. The zero-order valence-corrected chi connectivity index (χ0v) is 16.1. The average Bonchev–Trinajstić information content (AvgIpc) is 2.65. The van der Waals surface area contributed by atoms with Crippen LogP contribution in [0, 0.1) is 0 Å². The number of carbonyl (C=O) groups is 1. The van der Waals surface area contributed by atoms with Gasteiger partial charge in [-0.2, -0.15) is 0 Å². The number of fused-ring (bicyclic) bond motifs is 2. The molecule has 0 atom stereocenters. The molecular weight excluding hydrogens is 368 g/mol. The first kappa shape index (κ1) is 17.4. The molecule has 0 aromatic heterocycles. The molecule has 0 fully saturated rings. The smallest absolute Gasteiger partial charge is 0.258 e. The van der Waals surface area contributed by atoms with Crippen LogP contribution < -0.4 is 9.21 Å². The minimum absolute atomic E-state index is 0.0305. The van der Waals surface area contributed by atoms with Crippen molar-refractivity contribution in [1.29, 1.82) is 0 Å². The van der Waals surface area contributed by atoms with E-state index >= 15 is 0 Å². The Morgan fingerprint density at radius 3 is 2.69 bits per heavy atom. The Morgan fingerprint density at radius 1 is 1.08 bits per heavy atom. The Bertz CT molecular complexity index is 972. The van der Waals surface area contributed by atoms with Crippen LogP contribution in [0.15, 0.2) is 47.4 Å². The summed E-state index contributed by atoms with van der Waals surface area (Å²) < 4.78 is 25.4. The summed E-state index contributed by atoms with van der Waals surface area (Å²) in [5.41, 5.74) is 3.18.